The Hall–Kier alpha value is -0.330. The van der Waals surface area contributed by atoms with Gasteiger partial charge in [-0.05, 0) is 43.6 Å². The molecule has 0 radical (unpaired) electrons. The van der Waals surface area contributed by atoms with Crippen molar-refractivity contribution < 1.29 is 8.42 Å². The molecule has 2 rings (SSSR count). The molecule has 18 heavy (non-hydrogen) atoms. The molecule has 0 bridgehead atoms. The van der Waals surface area contributed by atoms with Crippen LogP contribution in [0.1, 0.15) is 6.42 Å². The standard InChI is InChI=1S/C11H14Cl2N2O2S/c12-9-1-2-10(13)11(5-9)18(16,17)15-7-8-3-4-14-6-8/h1-2,5,8,14-15H,3-4,6-7H2. The maximum atomic E-state index is 12.1. The zero-order valence-electron chi connectivity index (χ0n) is 9.62. The molecule has 100 valence electrons. The van der Waals surface area contributed by atoms with Gasteiger partial charge in [-0.2, -0.15) is 0 Å². The molecule has 1 saturated heterocycles. The Morgan fingerprint density at radius 2 is 2.17 bits per heavy atom. The largest absolute Gasteiger partial charge is 0.316 e. The minimum atomic E-state index is -3.60. The van der Waals surface area contributed by atoms with Crippen LogP contribution in [-0.4, -0.2) is 28.1 Å². The molecule has 1 heterocycles. The Labute approximate surface area is 117 Å². The second kappa shape index (κ2) is 5.75. The minimum absolute atomic E-state index is 0.0302. The van der Waals surface area contributed by atoms with E-state index in [4.69, 9.17) is 23.2 Å². The van der Waals surface area contributed by atoms with E-state index in [2.05, 4.69) is 10.0 Å². The lowest BCUT2D eigenvalue weighted by atomic mass is 10.1. The van der Waals surface area contributed by atoms with Gasteiger partial charge in [0, 0.05) is 11.6 Å². The summed E-state index contributed by atoms with van der Waals surface area (Å²) in [6, 6.07) is 4.40. The lowest BCUT2D eigenvalue weighted by Crippen LogP contribution is -2.30. The van der Waals surface area contributed by atoms with E-state index >= 15 is 0 Å². The fraction of sp³-hybridized carbons (Fsp3) is 0.455. The third kappa shape index (κ3) is 3.36. The molecule has 1 aromatic carbocycles. The summed E-state index contributed by atoms with van der Waals surface area (Å²) in [5, 5.41) is 3.71. The van der Waals surface area contributed by atoms with Crippen molar-refractivity contribution in [1.29, 1.82) is 0 Å². The van der Waals surface area contributed by atoms with Crippen molar-refractivity contribution in [1.82, 2.24) is 10.0 Å². The number of rotatable bonds is 4. The lowest BCUT2D eigenvalue weighted by Gasteiger charge is -2.12. The van der Waals surface area contributed by atoms with E-state index < -0.39 is 10.0 Å². The summed E-state index contributed by atoms with van der Waals surface area (Å²) in [5.74, 6) is 0.331. The maximum Gasteiger partial charge on any atom is 0.242 e. The van der Waals surface area contributed by atoms with Gasteiger partial charge in [0.15, 0.2) is 0 Å². The van der Waals surface area contributed by atoms with Crippen molar-refractivity contribution in [2.24, 2.45) is 5.92 Å². The Morgan fingerprint density at radius 3 is 2.83 bits per heavy atom. The normalized spacial score (nSPS) is 20.2. The van der Waals surface area contributed by atoms with Gasteiger partial charge in [-0.25, -0.2) is 13.1 Å². The van der Waals surface area contributed by atoms with Gasteiger partial charge in [0.25, 0.3) is 0 Å². The number of halogens is 2. The Morgan fingerprint density at radius 1 is 1.39 bits per heavy atom. The fourth-order valence-corrected chi connectivity index (χ4v) is 3.75. The van der Waals surface area contributed by atoms with E-state index in [-0.39, 0.29) is 9.92 Å². The second-order valence-corrected chi connectivity index (χ2v) is 6.86. The monoisotopic (exact) mass is 308 g/mol. The lowest BCUT2D eigenvalue weighted by molar-refractivity contribution is 0.539. The smallest absolute Gasteiger partial charge is 0.242 e. The van der Waals surface area contributed by atoms with Gasteiger partial charge in [-0.15, -0.1) is 0 Å². The summed E-state index contributed by atoms with van der Waals surface area (Å²) in [4.78, 5) is 0.0302. The molecule has 1 atom stereocenters. The third-order valence-electron chi connectivity index (χ3n) is 2.91. The van der Waals surface area contributed by atoms with Gasteiger partial charge < -0.3 is 5.32 Å². The molecule has 1 unspecified atom stereocenters. The topological polar surface area (TPSA) is 58.2 Å². The van der Waals surface area contributed by atoms with E-state index in [1.165, 1.54) is 12.1 Å². The first-order valence-electron chi connectivity index (χ1n) is 5.64. The van der Waals surface area contributed by atoms with Gasteiger partial charge in [0.05, 0.1) is 5.02 Å². The third-order valence-corrected chi connectivity index (χ3v) is 5.05. The number of sulfonamides is 1. The summed E-state index contributed by atoms with van der Waals surface area (Å²) < 4.78 is 26.7. The van der Waals surface area contributed by atoms with E-state index in [1.54, 1.807) is 6.07 Å². The highest BCUT2D eigenvalue weighted by Gasteiger charge is 2.21. The average Bonchev–Trinajstić information content (AvgIpc) is 2.83. The number of benzene rings is 1. The van der Waals surface area contributed by atoms with Crippen LogP contribution in [0.2, 0.25) is 10.0 Å². The van der Waals surface area contributed by atoms with Crippen molar-refractivity contribution in [3.63, 3.8) is 0 Å². The van der Waals surface area contributed by atoms with Crippen LogP contribution in [0.3, 0.4) is 0 Å². The predicted molar refractivity (Wildman–Crippen MR) is 72.6 cm³/mol. The van der Waals surface area contributed by atoms with Crippen LogP contribution < -0.4 is 10.0 Å². The summed E-state index contributed by atoms with van der Waals surface area (Å²) >= 11 is 11.7. The van der Waals surface area contributed by atoms with Gasteiger partial charge in [-0.1, -0.05) is 23.2 Å². The van der Waals surface area contributed by atoms with Gasteiger partial charge >= 0.3 is 0 Å². The zero-order valence-corrected chi connectivity index (χ0v) is 11.9. The minimum Gasteiger partial charge on any atom is -0.316 e. The first-order valence-corrected chi connectivity index (χ1v) is 7.88. The maximum absolute atomic E-state index is 12.1. The quantitative estimate of drug-likeness (QED) is 0.893. The SMILES string of the molecule is O=S(=O)(NCC1CCNC1)c1cc(Cl)ccc1Cl. The summed E-state index contributed by atoms with van der Waals surface area (Å²) in [5.41, 5.74) is 0. The van der Waals surface area contributed by atoms with Crippen molar-refractivity contribution in [2.45, 2.75) is 11.3 Å². The van der Waals surface area contributed by atoms with E-state index in [1.807, 2.05) is 0 Å². The van der Waals surface area contributed by atoms with Crippen LogP contribution in [0.4, 0.5) is 0 Å². The zero-order chi connectivity index (χ0) is 13.2. The molecule has 0 amide bonds. The molecule has 1 aliphatic rings. The van der Waals surface area contributed by atoms with Crippen LogP contribution in [0, 0.1) is 5.92 Å². The molecular formula is C11H14Cl2N2O2S. The van der Waals surface area contributed by atoms with Crippen LogP contribution in [0.15, 0.2) is 23.1 Å². The van der Waals surface area contributed by atoms with Crippen molar-refractivity contribution in [2.75, 3.05) is 19.6 Å². The Bertz CT molecular complexity index is 528. The van der Waals surface area contributed by atoms with Crippen molar-refractivity contribution in [3.05, 3.63) is 28.2 Å². The molecular weight excluding hydrogens is 295 g/mol. The van der Waals surface area contributed by atoms with E-state index in [9.17, 15) is 8.42 Å². The summed E-state index contributed by atoms with van der Waals surface area (Å²) in [7, 11) is -3.60. The highest BCUT2D eigenvalue weighted by molar-refractivity contribution is 7.89. The Balaban J connectivity index is 2.12. The predicted octanol–water partition coefficient (Wildman–Crippen LogP) is 1.88. The second-order valence-electron chi connectivity index (χ2n) is 4.29. The molecule has 0 aromatic heterocycles. The number of hydrogen-bond acceptors (Lipinski definition) is 3. The molecule has 1 fully saturated rings. The average molecular weight is 309 g/mol. The highest BCUT2D eigenvalue weighted by Crippen LogP contribution is 2.24. The highest BCUT2D eigenvalue weighted by atomic mass is 35.5. The van der Waals surface area contributed by atoms with Crippen LogP contribution in [0.5, 0.6) is 0 Å². The van der Waals surface area contributed by atoms with Gasteiger partial charge in [-0.3, -0.25) is 0 Å². The molecule has 4 nitrogen and oxygen atoms in total. The van der Waals surface area contributed by atoms with E-state index in [0.29, 0.717) is 17.5 Å². The number of nitrogens with one attached hydrogen (secondary N) is 2. The molecule has 0 aliphatic carbocycles. The molecule has 0 spiro atoms. The molecule has 2 N–H and O–H groups in total. The van der Waals surface area contributed by atoms with Gasteiger partial charge in [0.2, 0.25) is 10.0 Å². The van der Waals surface area contributed by atoms with Crippen LogP contribution in [0.25, 0.3) is 0 Å². The molecule has 7 heteroatoms. The van der Waals surface area contributed by atoms with Crippen LogP contribution in [-0.2, 0) is 10.0 Å². The fourth-order valence-electron chi connectivity index (χ4n) is 1.88. The number of hydrogen-bond donors (Lipinski definition) is 2. The first kappa shape index (κ1) is 14.1. The van der Waals surface area contributed by atoms with Crippen molar-refractivity contribution in [3.8, 4) is 0 Å². The molecule has 1 aromatic rings. The molecule has 0 saturated carbocycles. The summed E-state index contributed by atoms with van der Waals surface area (Å²) in [6.07, 6.45) is 0.978. The summed E-state index contributed by atoms with van der Waals surface area (Å²) in [6.45, 7) is 2.19. The van der Waals surface area contributed by atoms with Gasteiger partial charge in [0.1, 0.15) is 4.90 Å². The first-order chi connectivity index (χ1) is 8.49. The van der Waals surface area contributed by atoms with E-state index in [0.717, 1.165) is 19.5 Å². The molecule has 1 aliphatic heterocycles. The Kier molecular flexibility index (Phi) is 4.50. The van der Waals surface area contributed by atoms with Crippen molar-refractivity contribution >= 4 is 33.2 Å². The van der Waals surface area contributed by atoms with Crippen LogP contribution >= 0.6 is 23.2 Å².